The number of carbonyl (C=O) groups is 1. The van der Waals surface area contributed by atoms with Crippen LogP contribution in [0.4, 0.5) is 0 Å². The Morgan fingerprint density at radius 2 is 1.95 bits per heavy atom. The van der Waals surface area contributed by atoms with Crippen molar-refractivity contribution in [3.8, 4) is 0 Å². The maximum absolute atomic E-state index is 12.4. The predicted octanol–water partition coefficient (Wildman–Crippen LogP) is 1.70. The molecule has 0 aromatic carbocycles. The zero-order valence-corrected chi connectivity index (χ0v) is 13.9. The van der Waals surface area contributed by atoms with E-state index in [1.807, 2.05) is 19.1 Å². The molecular formula is C17H27N3O2. The van der Waals surface area contributed by atoms with Crippen LogP contribution in [0.15, 0.2) is 24.4 Å². The first-order valence-corrected chi connectivity index (χ1v) is 8.11. The molecule has 0 saturated carbocycles. The number of pyridine rings is 1. The van der Waals surface area contributed by atoms with Gasteiger partial charge in [-0.25, -0.2) is 0 Å². The molecule has 1 aromatic heterocycles. The average molecular weight is 305 g/mol. The lowest BCUT2D eigenvalue weighted by Crippen LogP contribution is -2.52. The van der Waals surface area contributed by atoms with Crippen LogP contribution in [-0.2, 0) is 4.74 Å². The van der Waals surface area contributed by atoms with Crippen LogP contribution >= 0.6 is 0 Å². The van der Waals surface area contributed by atoms with E-state index in [0.717, 1.165) is 39.3 Å². The number of hydrogen-bond acceptors (Lipinski definition) is 5. The summed E-state index contributed by atoms with van der Waals surface area (Å²) < 4.78 is 5.60. The number of aromatic nitrogens is 1. The van der Waals surface area contributed by atoms with E-state index in [0.29, 0.717) is 5.69 Å². The van der Waals surface area contributed by atoms with Crippen LogP contribution in [0, 0.1) is 0 Å². The Morgan fingerprint density at radius 3 is 2.55 bits per heavy atom. The number of piperazine rings is 1. The molecule has 0 bridgehead atoms. The molecule has 1 aliphatic rings. The zero-order valence-electron chi connectivity index (χ0n) is 13.9. The van der Waals surface area contributed by atoms with Gasteiger partial charge in [0.1, 0.15) is 5.69 Å². The molecule has 5 heteroatoms. The van der Waals surface area contributed by atoms with Crippen LogP contribution < -0.4 is 0 Å². The van der Waals surface area contributed by atoms with Crippen LogP contribution in [0.2, 0.25) is 0 Å². The highest BCUT2D eigenvalue weighted by molar-refractivity contribution is 5.98. The summed E-state index contributed by atoms with van der Waals surface area (Å²) in [5.74, 6) is 0.109. The fraction of sp³-hybridized carbons (Fsp3) is 0.647. The Hall–Kier alpha value is -1.30. The quantitative estimate of drug-likeness (QED) is 0.718. The van der Waals surface area contributed by atoms with Gasteiger partial charge < -0.3 is 4.74 Å². The molecule has 2 heterocycles. The SMILES string of the molecule is CC(C)OCCN1CCN(C(C)C(=O)c2ccccn2)CC1. The van der Waals surface area contributed by atoms with E-state index < -0.39 is 0 Å². The summed E-state index contributed by atoms with van der Waals surface area (Å²) in [4.78, 5) is 21.2. The molecule has 1 saturated heterocycles. The molecule has 122 valence electrons. The number of nitrogens with zero attached hydrogens (tertiary/aromatic N) is 3. The Kier molecular flexibility index (Phi) is 6.49. The first kappa shape index (κ1) is 17.1. The molecule has 1 aliphatic heterocycles. The standard InChI is InChI=1S/C17H27N3O2/c1-14(2)22-13-12-19-8-10-20(11-9-19)15(3)17(21)16-6-4-5-7-18-16/h4-7,14-15H,8-13H2,1-3H3. The van der Waals surface area contributed by atoms with Crippen molar-refractivity contribution in [2.45, 2.75) is 32.9 Å². The van der Waals surface area contributed by atoms with E-state index in [-0.39, 0.29) is 17.9 Å². The van der Waals surface area contributed by atoms with Crippen LogP contribution in [0.3, 0.4) is 0 Å². The van der Waals surface area contributed by atoms with Crippen LogP contribution in [0.25, 0.3) is 0 Å². The molecular weight excluding hydrogens is 278 g/mol. The van der Waals surface area contributed by atoms with Gasteiger partial charge in [-0.05, 0) is 32.9 Å². The molecule has 1 atom stereocenters. The molecule has 0 amide bonds. The molecule has 22 heavy (non-hydrogen) atoms. The first-order chi connectivity index (χ1) is 10.6. The van der Waals surface area contributed by atoms with Gasteiger partial charge in [0.2, 0.25) is 0 Å². The van der Waals surface area contributed by atoms with Crippen molar-refractivity contribution >= 4 is 5.78 Å². The van der Waals surface area contributed by atoms with Crippen LogP contribution in [0.1, 0.15) is 31.3 Å². The van der Waals surface area contributed by atoms with Crippen molar-refractivity contribution < 1.29 is 9.53 Å². The lowest BCUT2D eigenvalue weighted by molar-refractivity contribution is 0.0376. The minimum absolute atomic E-state index is 0.107. The Bertz CT molecular complexity index is 456. The van der Waals surface area contributed by atoms with Crippen LogP contribution in [-0.4, -0.2) is 72.0 Å². The highest BCUT2D eigenvalue weighted by Gasteiger charge is 2.26. The molecule has 2 rings (SSSR count). The molecule has 0 spiro atoms. The highest BCUT2D eigenvalue weighted by Crippen LogP contribution is 2.10. The summed E-state index contributed by atoms with van der Waals surface area (Å²) in [5.41, 5.74) is 0.558. The summed E-state index contributed by atoms with van der Waals surface area (Å²) in [6, 6.07) is 5.38. The highest BCUT2D eigenvalue weighted by atomic mass is 16.5. The van der Waals surface area contributed by atoms with Gasteiger partial charge in [0.05, 0.1) is 18.8 Å². The van der Waals surface area contributed by atoms with Gasteiger partial charge in [-0.2, -0.15) is 0 Å². The third-order valence-electron chi connectivity index (χ3n) is 4.11. The van der Waals surface area contributed by atoms with Gasteiger partial charge >= 0.3 is 0 Å². The van der Waals surface area contributed by atoms with Crippen molar-refractivity contribution in [3.63, 3.8) is 0 Å². The molecule has 1 unspecified atom stereocenters. The van der Waals surface area contributed by atoms with Gasteiger partial charge in [0.15, 0.2) is 5.78 Å². The van der Waals surface area contributed by atoms with Gasteiger partial charge in [-0.3, -0.25) is 19.6 Å². The van der Waals surface area contributed by atoms with Gasteiger partial charge in [-0.1, -0.05) is 6.07 Å². The minimum Gasteiger partial charge on any atom is -0.377 e. The second-order valence-corrected chi connectivity index (χ2v) is 6.05. The largest absolute Gasteiger partial charge is 0.377 e. The Morgan fingerprint density at radius 1 is 1.23 bits per heavy atom. The fourth-order valence-corrected chi connectivity index (χ4v) is 2.68. The van der Waals surface area contributed by atoms with Crippen molar-refractivity contribution in [3.05, 3.63) is 30.1 Å². The van der Waals surface area contributed by atoms with Crippen LogP contribution in [0.5, 0.6) is 0 Å². The van der Waals surface area contributed by atoms with E-state index in [2.05, 4.69) is 28.6 Å². The molecule has 0 N–H and O–H groups in total. The maximum atomic E-state index is 12.4. The number of ether oxygens (including phenoxy) is 1. The molecule has 5 nitrogen and oxygen atoms in total. The summed E-state index contributed by atoms with van der Waals surface area (Å²) in [7, 11) is 0. The van der Waals surface area contributed by atoms with Crippen molar-refractivity contribution in [2.24, 2.45) is 0 Å². The summed E-state index contributed by atoms with van der Waals surface area (Å²) in [6.45, 7) is 11.7. The third-order valence-corrected chi connectivity index (χ3v) is 4.11. The number of carbonyl (C=O) groups excluding carboxylic acids is 1. The molecule has 0 radical (unpaired) electrons. The predicted molar refractivity (Wildman–Crippen MR) is 87.1 cm³/mol. The van der Waals surface area contributed by atoms with E-state index in [1.54, 1.807) is 12.3 Å². The number of Topliss-reactive ketones (excluding diaryl/α,β-unsaturated/α-hetero) is 1. The molecule has 1 fully saturated rings. The maximum Gasteiger partial charge on any atom is 0.197 e. The lowest BCUT2D eigenvalue weighted by Gasteiger charge is -2.37. The number of rotatable bonds is 7. The Balaban J connectivity index is 1.77. The fourth-order valence-electron chi connectivity index (χ4n) is 2.68. The average Bonchev–Trinajstić information content (AvgIpc) is 2.54. The first-order valence-electron chi connectivity index (χ1n) is 8.11. The van der Waals surface area contributed by atoms with Gasteiger partial charge in [0, 0.05) is 38.9 Å². The normalized spacial score (nSPS) is 18.5. The van der Waals surface area contributed by atoms with Crippen molar-refractivity contribution in [1.82, 2.24) is 14.8 Å². The van der Waals surface area contributed by atoms with Crippen molar-refractivity contribution in [1.29, 1.82) is 0 Å². The van der Waals surface area contributed by atoms with E-state index in [4.69, 9.17) is 4.74 Å². The Labute approximate surface area is 133 Å². The summed E-state index contributed by atoms with van der Waals surface area (Å²) in [5, 5.41) is 0. The number of ketones is 1. The summed E-state index contributed by atoms with van der Waals surface area (Å²) in [6.07, 6.45) is 1.96. The zero-order chi connectivity index (χ0) is 15.9. The molecule has 1 aromatic rings. The van der Waals surface area contributed by atoms with E-state index >= 15 is 0 Å². The lowest BCUT2D eigenvalue weighted by atomic mass is 10.1. The number of hydrogen-bond donors (Lipinski definition) is 0. The van der Waals surface area contributed by atoms with Gasteiger partial charge in [-0.15, -0.1) is 0 Å². The molecule has 0 aliphatic carbocycles. The second kappa shape index (κ2) is 8.36. The van der Waals surface area contributed by atoms with E-state index in [9.17, 15) is 4.79 Å². The monoisotopic (exact) mass is 305 g/mol. The summed E-state index contributed by atoms with van der Waals surface area (Å²) >= 11 is 0. The minimum atomic E-state index is -0.107. The smallest absolute Gasteiger partial charge is 0.197 e. The van der Waals surface area contributed by atoms with E-state index in [1.165, 1.54) is 0 Å². The van der Waals surface area contributed by atoms with Crippen molar-refractivity contribution in [2.75, 3.05) is 39.3 Å². The van der Waals surface area contributed by atoms with Gasteiger partial charge in [0.25, 0.3) is 0 Å². The second-order valence-electron chi connectivity index (χ2n) is 6.05. The third kappa shape index (κ3) is 4.87. The topological polar surface area (TPSA) is 45.7 Å².